The van der Waals surface area contributed by atoms with Crippen LogP contribution in [0.15, 0.2) is 53.1 Å². The molecule has 1 fully saturated rings. The maximum atomic E-state index is 12.8. The van der Waals surface area contributed by atoms with Crippen LogP contribution in [0.5, 0.6) is 5.88 Å². The SMILES string of the molecule is CC(C)N1CCC(NC(=O)Oc2cc3ccccc3n2Cc2cc(-c3ccc(Cl)s3)on2)CC1. The van der Waals surface area contributed by atoms with E-state index in [0.29, 0.717) is 28.6 Å². The topological polar surface area (TPSA) is 72.5 Å². The molecule has 1 aliphatic rings. The molecule has 0 bridgehead atoms. The second-order valence-corrected chi connectivity index (χ2v) is 10.6. The highest BCUT2D eigenvalue weighted by molar-refractivity contribution is 7.19. The summed E-state index contributed by atoms with van der Waals surface area (Å²) in [5.41, 5.74) is 1.69. The van der Waals surface area contributed by atoms with Gasteiger partial charge in [-0.15, -0.1) is 11.3 Å². The maximum Gasteiger partial charge on any atom is 0.414 e. The van der Waals surface area contributed by atoms with Crippen LogP contribution in [0.3, 0.4) is 0 Å². The van der Waals surface area contributed by atoms with Gasteiger partial charge in [0.25, 0.3) is 0 Å². The van der Waals surface area contributed by atoms with Crippen molar-refractivity contribution in [1.29, 1.82) is 0 Å². The minimum atomic E-state index is -0.430. The molecule has 9 heteroatoms. The van der Waals surface area contributed by atoms with Gasteiger partial charge in [0.2, 0.25) is 5.88 Å². The highest BCUT2D eigenvalue weighted by Gasteiger charge is 2.23. The monoisotopic (exact) mass is 498 g/mol. The van der Waals surface area contributed by atoms with Crippen LogP contribution >= 0.6 is 22.9 Å². The lowest BCUT2D eigenvalue weighted by Crippen LogP contribution is -2.47. The molecule has 1 amide bonds. The predicted octanol–water partition coefficient (Wildman–Crippen LogP) is 6.02. The number of amides is 1. The van der Waals surface area contributed by atoms with E-state index in [4.69, 9.17) is 20.9 Å². The Kier molecular flexibility index (Phi) is 6.63. The average Bonchev–Trinajstić information content (AvgIpc) is 3.54. The summed E-state index contributed by atoms with van der Waals surface area (Å²) in [5, 5.41) is 8.26. The summed E-state index contributed by atoms with van der Waals surface area (Å²) in [6.45, 7) is 6.77. The zero-order chi connectivity index (χ0) is 23.7. The van der Waals surface area contributed by atoms with Crippen molar-refractivity contribution in [2.24, 2.45) is 0 Å². The number of carbonyl (C=O) groups is 1. The summed E-state index contributed by atoms with van der Waals surface area (Å²) in [6, 6.07) is 16.1. The van der Waals surface area contributed by atoms with Crippen LogP contribution in [-0.2, 0) is 6.54 Å². The second kappa shape index (κ2) is 9.82. The lowest BCUT2D eigenvalue weighted by Gasteiger charge is -2.34. The largest absolute Gasteiger partial charge is 0.414 e. The van der Waals surface area contributed by atoms with E-state index in [2.05, 4.69) is 29.2 Å². The normalized spacial score (nSPS) is 15.3. The van der Waals surface area contributed by atoms with E-state index in [-0.39, 0.29) is 6.04 Å². The van der Waals surface area contributed by atoms with Gasteiger partial charge in [-0.05, 0) is 44.9 Å². The van der Waals surface area contributed by atoms with Crippen molar-refractivity contribution < 1.29 is 14.1 Å². The first-order valence-electron chi connectivity index (χ1n) is 11.5. The van der Waals surface area contributed by atoms with Gasteiger partial charge in [0.1, 0.15) is 5.69 Å². The number of rotatable bonds is 6. The van der Waals surface area contributed by atoms with Crippen LogP contribution in [0, 0.1) is 0 Å². The van der Waals surface area contributed by atoms with Crippen molar-refractivity contribution in [2.75, 3.05) is 13.1 Å². The number of likely N-dealkylation sites (tertiary alicyclic amines) is 1. The molecule has 1 saturated heterocycles. The van der Waals surface area contributed by atoms with Gasteiger partial charge in [0.15, 0.2) is 5.76 Å². The number of hydrogen-bond acceptors (Lipinski definition) is 6. The Balaban J connectivity index is 1.31. The third-order valence-corrected chi connectivity index (χ3v) is 7.49. The Morgan fingerprint density at radius 3 is 2.76 bits per heavy atom. The number of piperidine rings is 1. The van der Waals surface area contributed by atoms with Crippen LogP contribution in [0.25, 0.3) is 21.5 Å². The zero-order valence-corrected chi connectivity index (χ0v) is 20.7. The number of fused-ring (bicyclic) bond motifs is 1. The van der Waals surface area contributed by atoms with E-state index in [0.717, 1.165) is 47.4 Å². The fourth-order valence-electron chi connectivity index (χ4n) is 4.40. The lowest BCUT2D eigenvalue weighted by molar-refractivity contribution is 0.151. The zero-order valence-electron chi connectivity index (χ0n) is 19.2. The molecule has 0 atom stereocenters. The summed E-state index contributed by atoms with van der Waals surface area (Å²) >= 11 is 7.49. The molecule has 0 saturated carbocycles. The summed E-state index contributed by atoms with van der Waals surface area (Å²) in [5.74, 6) is 1.14. The molecular formula is C25H27ClN4O3S. The van der Waals surface area contributed by atoms with Gasteiger partial charge in [-0.2, -0.15) is 0 Å². The molecule has 5 rings (SSSR count). The number of thiophene rings is 1. The quantitative estimate of drug-likeness (QED) is 0.352. The number of halogens is 1. The van der Waals surface area contributed by atoms with E-state index < -0.39 is 6.09 Å². The molecule has 7 nitrogen and oxygen atoms in total. The van der Waals surface area contributed by atoms with Crippen LogP contribution in [0.4, 0.5) is 4.79 Å². The van der Waals surface area contributed by atoms with Crippen molar-refractivity contribution in [3.8, 4) is 16.5 Å². The third-order valence-electron chi connectivity index (χ3n) is 6.25. The second-order valence-electron chi connectivity index (χ2n) is 8.85. The lowest BCUT2D eigenvalue weighted by atomic mass is 10.0. The van der Waals surface area contributed by atoms with Crippen molar-refractivity contribution in [3.05, 3.63) is 58.6 Å². The maximum absolute atomic E-state index is 12.8. The van der Waals surface area contributed by atoms with Gasteiger partial charge in [0, 0.05) is 42.7 Å². The van der Waals surface area contributed by atoms with Crippen molar-refractivity contribution in [3.63, 3.8) is 0 Å². The summed E-state index contributed by atoms with van der Waals surface area (Å²) in [6.07, 6.45) is 1.41. The van der Waals surface area contributed by atoms with Gasteiger partial charge < -0.3 is 24.0 Å². The van der Waals surface area contributed by atoms with E-state index in [1.54, 1.807) is 0 Å². The number of carbonyl (C=O) groups excluding carboxylic acids is 1. The molecule has 0 radical (unpaired) electrons. The molecule has 0 unspecified atom stereocenters. The number of ether oxygens (including phenoxy) is 1. The molecule has 4 heterocycles. The molecule has 3 aromatic heterocycles. The summed E-state index contributed by atoms with van der Waals surface area (Å²) < 4.78 is 14.0. The number of nitrogens with one attached hydrogen (secondary N) is 1. The first kappa shape index (κ1) is 23.0. The van der Waals surface area contributed by atoms with Gasteiger partial charge >= 0.3 is 6.09 Å². The van der Waals surface area contributed by atoms with Gasteiger partial charge in [-0.3, -0.25) is 0 Å². The van der Waals surface area contributed by atoms with Crippen molar-refractivity contribution >= 4 is 39.9 Å². The molecule has 178 valence electrons. The first-order valence-corrected chi connectivity index (χ1v) is 12.7. The molecule has 1 aliphatic heterocycles. The van der Waals surface area contributed by atoms with Crippen LogP contribution in [-0.4, -0.2) is 45.9 Å². The van der Waals surface area contributed by atoms with Crippen LogP contribution < -0.4 is 10.1 Å². The number of para-hydroxylation sites is 1. The average molecular weight is 499 g/mol. The van der Waals surface area contributed by atoms with E-state index >= 15 is 0 Å². The van der Waals surface area contributed by atoms with E-state index in [9.17, 15) is 4.79 Å². The van der Waals surface area contributed by atoms with E-state index in [1.165, 1.54) is 11.3 Å². The number of nitrogens with zero attached hydrogens (tertiary/aromatic N) is 3. The Morgan fingerprint density at radius 2 is 2.03 bits per heavy atom. The highest BCUT2D eigenvalue weighted by atomic mass is 35.5. The Bertz CT molecular complexity index is 1290. The Hall–Kier alpha value is -2.81. The summed E-state index contributed by atoms with van der Waals surface area (Å²) in [4.78, 5) is 16.1. The third kappa shape index (κ3) is 4.99. The van der Waals surface area contributed by atoms with E-state index in [1.807, 2.05) is 53.1 Å². The highest BCUT2D eigenvalue weighted by Crippen LogP contribution is 2.32. The minimum Gasteiger partial charge on any atom is -0.393 e. The van der Waals surface area contributed by atoms with Crippen LogP contribution in [0.1, 0.15) is 32.4 Å². The number of aromatic nitrogens is 2. The fraction of sp³-hybridized carbons (Fsp3) is 0.360. The molecular weight excluding hydrogens is 472 g/mol. The standard InChI is InChI=1S/C25H27ClN4O3S/c1-16(2)29-11-9-18(10-12-29)27-25(31)32-24-13-17-5-3-4-6-20(17)30(24)15-19-14-21(33-28-19)22-7-8-23(26)34-22/h3-8,13-14,16,18H,9-12,15H2,1-2H3,(H,27,31). The number of benzene rings is 1. The number of hydrogen-bond donors (Lipinski definition) is 1. The Morgan fingerprint density at radius 1 is 1.24 bits per heavy atom. The molecule has 0 aliphatic carbocycles. The Labute approximate surface area is 207 Å². The molecule has 1 aromatic carbocycles. The smallest absolute Gasteiger partial charge is 0.393 e. The molecule has 34 heavy (non-hydrogen) atoms. The molecule has 0 spiro atoms. The minimum absolute atomic E-state index is 0.121. The van der Waals surface area contributed by atoms with Crippen LogP contribution in [0.2, 0.25) is 4.34 Å². The molecule has 4 aromatic rings. The van der Waals surface area contributed by atoms with Gasteiger partial charge in [0.05, 0.1) is 21.3 Å². The molecule has 1 N–H and O–H groups in total. The first-order chi connectivity index (χ1) is 16.5. The van der Waals surface area contributed by atoms with Gasteiger partial charge in [-0.25, -0.2) is 4.79 Å². The fourth-order valence-corrected chi connectivity index (χ4v) is 5.39. The van der Waals surface area contributed by atoms with Crippen molar-refractivity contribution in [1.82, 2.24) is 19.9 Å². The predicted molar refractivity (Wildman–Crippen MR) is 135 cm³/mol. The summed E-state index contributed by atoms with van der Waals surface area (Å²) in [7, 11) is 0. The van der Waals surface area contributed by atoms with Crippen molar-refractivity contribution in [2.45, 2.75) is 45.3 Å². The van der Waals surface area contributed by atoms with Gasteiger partial charge in [-0.1, -0.05) is 35.0 Å².